The maximum Gasteiger partial charge on any atom is 0.405 e. The van der Waals surface area contributed by atoms with Crippen molar-refractivity contribution < 1.29 is 31.9 Å². The Morgan fingerprint density at radius 2 is 1.61 bits per heavy atom. The van der Waals surface area contributed by atoms with Gasteiger partial charge < -0.3 is 21.7 Å². The van der Waals surface area contributed by atoms with Crippen LogP contribution in [-0.4, -0.2) is 36.5 Å². The zero-order chi connectivity index (χ0) is 24.5. The fourth-order valence-electron chi connectivity index (χ4n) is 4.15. The number of rotatable bonds is 9. The van der Waals surface area contributed by atoms with E-state index in [1.54, 1.807) is 5.32 Å². The number of carbonyl (C=O) groups is 3. The minimum absolute atomic E-state index is 0.00312. The molecular formula is C22H28F4N4O3. The maximum absolute atomic E-state index is 14.9. The SMILES string of the molecule is CC(=O)Nc1cc(NC(=O)[C@@H](N)C(C2CC2)C2CC2)c(F)cc1C(C)C(=O)NCC(F)(F)F. The summed E-state index contributed by atoms with van der Waals surface area (Å²) >= 11 is 0. The monoisotopic (exact) mass is 472 g/mol. The fourth-order valence-corrected chi connectivity index (χ4v) is 4.15. The molecule has 182 valence electrons. The number of amides is 3. The van der Waals surface area contributed by atoms with Crippen molar-refractivity contribution in [3.8, 4) is 0 Å². The third kappa shape index (κ3) is 6.66. The van der Waals surface area contributed by atoms with Crippen LogP contribution < -0.4 is 21.7 Å². The van der Waals surface area contributed by atoms with Crippen LogP contribution in [0.4, 0.5) is 28.9 Å². The zero-order valence-electron chi connectivity index (χ0n) is 18.4. The third-order valence-electron chi connectivity index (χ3n) is 6.08. The lowest BCUT2D eigenvalue weighted by Crippen LogP contribution is -2.44. The first-order chi connectivity index (χ1) is 15.4. The Hall–Kier alpha value is -2.69. The average Bonchev–Trinajstić information content (AvgIpc) is 3.62. The fraction of sp³-hybridized carbons (Fsp3) is 0.591. The summed E-state index contributed by atoms with van der Waals surface area (Å²) in [5, 5.41) is 6.65. The van der Waals surface area contributed by atoms with Crippen LogP contribution in [0.25, 0.3) is 0 Å². The number of halogens is 4. The molecule has 2 aliphatic rings. The van der Waals surface area contributed by atoms with Crippen molar-refractivity contribution in [1.82, 2.24) is 5.32 Å². The van der Waals surface area contributed by atoms with E-state index in [1.165, 1.54) is 13.8 Å². The Bertz CT molecular complexity index is 917. The van der Waals surface area contributed by atoms with E-state index in [9.17, 15) is 31.9 Å². The standard InChI is InChI=1S/C22H28F4N4O3/c1-10(20(32)28-9-22(24,25)26)14-7-15(23)17(8-16(14)29-11(2)31)30-21(33)19(27)18(12-3-4-12)13-5-6-13/h7-8,10,12-13,18-19H,3-6,9,27H2,1-2H3,(H,28,32)(H,29,31)(H,30,33)/t10?,19-/m0/s1. The number of nitrogens with one attached hydrogen (secondary N) is 3. The van der Waals surface area contributed by atoms with Gasteiger partial charge in [0, 0.05) is 12.6 Å². The molecule has 2 saturated carbocycles. The van der Waals surface area contributed by atoms with Gasteiger partial charge in [0.1, 0.15) is 12.4 Å². The lowest BCUT2D eigenvalue weighted by atomic mass is 9.89. The van der Waals surface area contributed by atoms with Crippen molar-refractivity contribution in [3.05, 3.63) is 23.5 Å². The van der Waals surface area contributed by atoms with E-state index in [0.717, 1.165) is 37.8 Å². The highest BCUT2D eigenvalue weighted by atomic mass is 19.4. The number of alkyl halides is 3. The van der Waals surface area contributed by atoms with Crippen molar-refractivity contribution >= 4 is 29.1 Å². The molecule has 0 aromatic heterocycles. The van der Waals surface area contributed by atoms with Crippen molar-refractivity contribution in [3.63, 3.8) is 0 Å². The maximum atomic E-state index is 14.9. The minimum atomic E-state index is -4.60. The number of anilines is 2. The highest BCUT2D eigenvalue weighted by Crippen LogP contribution is 2.50. The summed E-state index contributed by atoms with van der Waals surface area (Å²) in [6.07, 6.45) is -0.524. The molecule has 3 rings (SSSR count). The first-order valence-corrected chi connectivity index (χ1v) is 10.9. The molecule has 3 amide bonds. The van der Waals surface area contributed by atoms with E-state index in [0.29, 0.717) is 11.8 Å². The second kappa shape index (κ2) is 9.66. The summed E-state index contributed by atoms with van der Waals surface area (Å²) in [6, 6.07) is 1.26. The van der Waals surface area contributed by atoms with Gasteiger partial charge >= 0.3 is 6.18 Å². The molecule has 1 aromatic carbocycles. The van der Waals surface area contributed by atoms with Gasteiger partial charge in [-0.25, -0.2) is 4.39 Å². The summed E-state index contributed by atoms with van der Waals surface area (Å²) in [5.74, 6) is -3.34. The largest absolute Gasteiger partial charge is 0.405 e. The van der Waals surface area contributed by atoms with Crippen LogP contribution in [0.15, 0.2) is 12.1 Å². The van der Waals surface area contributed by atoms with Gasteiger partial charge in [-0.1, -0.05) is 0 Å². The van der Waals surface area contributed by atoms with Crippen molar-refractivity contribution in [2.45, 2.75) is 57.7 Å². The Labute approximate surface area is 188 Å². The van der Waals surface area contributed by atoms with Crippen LogP contribution in [0.3, 0.4) is 0 Å². The van der Waals surface area contributed by atoms with Crippen LogP contribution in [0.5, 0.6) is 0 Å². The topological polar surface area (TPSA) is 113 Å². The van der Waals surface area contributed by atoms with Crippen LogP contribution in [0, 0.1) is 23.6 Å². The number of hydrogen-bond donors (Lipinski definition) is 4. The van der Waals surface area contributed by atoms with Gasteiger partial charge in [-0.15, -0.1) is 0 Å². The molecule has 2 fully saturated rings. The molecule has 7 nitrogen and oxygen atoms in total. The van der Waals surface area contributed by atoms with Gasteiger partial charge in [-0.2, -0.15) is 13.2 Å². The number of hydrogen-bond acceptors (Lipinski definition) is 4. The first kappa shape index (κ1) is 24.9. The zero-order valence-corrected chi connectivity index (χ0v) is 18.4. The molecule has 0 heterocycles. The van der Waals surface area contributed by atoms with Gasteiger partial charge in [0.25, 0.3) is 0 Å². The summed E-state index contributed by atoms with van der Waals surface area (Å²) in [7, 11) is 0. The van der Waals surface area contributed by atoms with E-state index >= 15 is 0 Å². The Morgan fingerprint density at radius 1 is 1.03 bits per heavy atom. The highest BCUT2D eigenvalue weighted by molar-refractivity contribution is 5.97. The molecule has 0 bridgehead atoms. The predicted molar refractivity (Wildman–Crippen MR) is 114 cm³/mol. The van der Waals surface area contributed by atoms with Crippen LogP contribution >= 0.6 is 0 Å². The van der Waals surface area contributed by atoms with Crippen molar-refractivity contribution in [2.75, 3.05) is 17.2 Å². The highest BCUT2D eigenvalue weighted by Gasteiger charge is 2.46. The van der Waals surface area contributed by atoms with Crippen molar-refractivity contribution in [2.24, 2.45) is 23.5 Å². The number of nitrogens with two attached hydrogens (primary N) is 1. The quantitative estimate of drug-likeness (QED) is 0.413. The van der Waals surface area contributed by atoms with E-state index in [1.807, 2.05) is 0 Å². The van der Waals surface area contributed by atoms with E-state index in [-0.39, 0.29) is 22.9 Å². The summed E-state index contributed by atoms with van der Waals surface area (Å²) < 4.78 is 52.1. The molecule has 11 heteroatoms. The second-order valence-corrected chi connectivity index (χ2v) is 8.92. The van der Waals surface area contributed by atoms with E-state index < -0.39 is 48.2 Å². The Morgan fingerprint density at radius 3 is 2.09 bits per heavy atom. The molecule has 1 aromatic rings. The van der Waals surface area contributed by atoms with E-state index in [2.05, 4.69) is 10.6 Å². The lowest BCUT2D eigenvalue weighted by molar-refractivity contribution is -0.139. The minimum Gasteiger partial charge on any atom is -0.346 e. The molecule has 33 heavy (non-hydrogen) atoms. The molecule has 0 aliphatic heterocycles. The van der Waals surface area contributed by atoms with Gasteiger partial charge in [0.2, 0.25) is 17.7 Å². The van der Waals surface area contributed by atoms with Crippen LogP contribution in [0.2, 0.25) is 0 Å². The number of benzene rings is 1. The van der Waals surface area contributed by atoms with E-state index in [4.69, 9.17) is 5.73 Å². The molecule has 2 aliphatic carbocycles. The van der Waals surface area contributed by atoms with Crippen LogP contribution in [0.1, 0.15) is 51.0 Å². The third-order valence-corrected chi connectivity index (χ3v) is 6.08. The number of carbonyl (C=O) groups excluding carboxylic acids is 3. The van der Waals surface area contributed by atoms with Gasteiger partial charge in [-0.05, 0) is 68.1 Å². The molecule has 5 N–H and O–H groups in total. The molecule has 1 unspecified atom stereocenters. The van der Waals surface area contributed by atoms with Gasteiger partial charge in [0.05, 0.1) is 17.6 Å². The summed E-state index contributed by atoms with van der Waals surface area (Å²) in [4.78, 5) is 36.6. The molecule has 0 saturated heterocycles. The smallest absolute Gasteiger partial charge is 0.346 e. The summed E-state index contributed by atoms with van der Waals surface area (Å²) in [6.45, 7) is 0.935. The van der Waals surface area contributed by atoms with Gasteiger partial charge in [-0.3, -0.25) is 14.4 Å². The first-order valence-electron chi connectivity index (χ1n) is 10.9. The predicted octanol–water partition coefficient (Wildman–Crippen LogP) is 3.27. The molecular weight excluding hydrogens is 444 g/mol. The van der Waals surface area contributed by atoms with Crippen molar-refractivity contribution in [1.29, 1.82) is 0 Å². The van der Waals surface area contributed by atoms with Gasteiger partial charge in [0.15, 0.2) is 0 Å². The van der Waals surface area contributed by atoms with Crippen LogP contribution in [-0.2, 0) is 14.4 Å². The molecule has 0 spiro atoms. The summed E-state index contributed by atoms with van der Waals surface area (Å²) in [5.41, 5.74) is 5.93. The Kier molecular flexibility index (Phi) is 7.30. The average molecular weight is 472 g/mol. The lowest BCUT2D eigenvalue weighted by Gasteiger charge is -2.24. The Balaban J connectivity index is 1.79. The molecule has 0 radical (unpaired) electrons. The normalized spacial score (nSPS) is 17.9. The second-order valence-electron chi connectivity index (χ2n) is 8.92. The molecule has 2 atom stereocenters.